The molecule has 3 atom stereocenters. The van der Waals surface area contributed by atoms with E-state index in [4.69, 9.17) is 0 Å². The van der Waals surface area contributed by atoms with Gasteiger partial charge in [-0.15, -0.1) is 0 Å². The molecule has 4 nitrogen and oxygen atoms in total. The van der Waals surface area contributed by atoms with Gasteiger partial charge in [0.15, 0.2) is 0 Å². The first-order valence-electron chi connectivity index (χ1n) is 15.0. The zero-order valence-corrected chi connectivity index (χ0v) is 23.3. The predicted molar refractivity (Wildman–Crippen MR) is 151 cm³/mol. The Morgan fingerprint density at radius 3 is 2.38 bits per heavy atom. The highest BCUT2D eigenvalue weighted by Crippen LogP contribution is 2.38. The van der Waals surface area contributed by atoms with Gasteiger partial charge in [-0.05, 0) is 93.1 Å². The summed E-state index contributed by atoms with van der Waals surface area (Å²) >= 11 is 0. The summed E-state index contributed by atoms with van der Waals surface area (Å²) in [5.41, 5.74) is 3.35. The molecule has 0 aromatic heterocycles. The SMILES string of the molecule is Cc1cccc([C@H]2CN([C@H](CC3CCC3)C(=O)O)C[C@@H]2CN2CCC(CCCc3cc(F)cc(F)c3)CC2)c1. The third kappa shape index (κ3) is 7.46. The summed E-state index contributed by atoms with van der Waals surface area (Å²) in [5, 5.41) is 10.1. The minimum absolute atomic E-state index is 0.359. The quantitative estimate of drug-likeness (QED) is 0.347. The van der Waals surface area contributed by atoms with Crippen molar-refractivity contribution in [1.82, 2.24) is 9.80 Å². The van der Waals surface area contributed by atoms with E-state index in [2.05, 4.69) is 41.0 Å². The summed E-state index contributed by atoms with van der Waals surface area (Å²) in [4.78, 5) is 17.2. The minimum atomic E-state index is -0.660. The molecule has 6 heteroatoms. The van der Waals surface area contributed by atoms with Gasteiger partial charge in [0.1, 0.15) is 17.7 Å². The van der Waals surface area contributed by atoms with Crippen LogP contribution in [0.4, 0.5) is 8.78 Å². The Morgan fingerprint density at radius 2 is 1.74 bits per heavy atom. The Morgan fingerprint density at radius 1 is 1.00 bits per heavy atom. The van der Waals surface area contributed by atoms with Gasteiger partial charge in [-0.1, -0.05) is 55.5 Å². The molecule has 5 rings (SSSR count). The van der Waals surface area contributed by atoms with Gasteiger partial charge >= 0.3 is 5.97 Å². The Hall–Kier alpha value is -2.31. The van der Waals surface area contributed by atoms with E-state index in [1.807, 2.05) is 0 Å². The number of nitrogens with zero attached hydrogens (tertiary/aromatic N) is 2. The molecule has 2 saturated heterocycles. The number of hydrogen-bond acceptors (Lipinski definition) is 3. The maximum Gasteiger partial charge on any atom is 0.320 e. The zero-order chi connectivity index (χ0) is 27.4. The van der Waals surface area contributed by atoms with Gasteiger partial charge in [-0.25, -0.2) is 8.78 Å². The minimum Gasteiger partial charge on any atom is -0.480 e. The van der Waals surface area contributed by atoms with Gasteiger partial charge in [-0.3, -0.25) is 9.69 Å². The molecule has 1 saturated carbocycles. The Balaban J connectivity index is 1.16. The molecule has 212 valence electrons. The largest absolute Gasteiger partial charge is 0.480 e. The third-order valence-electron chi connectivity index (χ3n) is 9.65. The van der Waals surface area contributed by atoms with Crippen molar-refractivity contribution in [2.75, 3.05) is 32.7 Å². The van der Waals surface area contributed by atoms with Crippen LogP contribution in [0.2, 0.25) is 0 Å². The number of benzene rings is 2. The van der Waals surface area contributed by atoms with Crippen molar-refractivity contribution in [2.45, 2.75) is 76.7 Å². The van der Waals surface area contributed by atoms with E-state index >= 15 is 0 Å². The summed E-state index contributed by atoms with van der Waals surface area (Å²) < 4.78 is 27.0. The standard InChI is InChI=1S/C33H44F2N2O2/c1-23-5-2-10-27(15-23)31-22-37(32(33(38)39)18-25-7-4-8-25)21-28(31)20-36-13-11-24(12-14-36)6-3-9-26-16-29(34)19-30(35)17-26/h2,5,10,15-17,19,24-25,28,31-32H,3-4,6-9,11-14,18,20-22H2,1H3,(H,38,39)/t28-,31+,32+/m0/s1. The van der Waals surface area contributed by atoms with Gasteiger partial charge < -0.3 is 10.0 Å². The van der Waals surface area contributed by atoms with Crippen molar-refractivity contribution in [1.29, 1.82) is 0 Å². The van der Waals surface area contributed by atoms with Crippen LogP contribution in [0.1, 0.15) is 74.0 Å². The van der Waals surface area contributed by atoms with Crippen molar-refractivity contribution >= 4 is 5.97 Å². The van der Waals surface area contributed by atoms with E-state index in [9.17, 15) is 18.7 Å². The Kier molecular flexibility index (Phi) is 9.34. The van der Waals surface area contributed by atoms with Crippen LogP contribution >= 0.6 is 0 Å². The first-order valence-corrected chi connectivity index (χ1v) is 15.0. The summed E-state index contributed by atoms with van der Waals surface area (Å²) in [6.45, 7) is 6.97. The fourth-order valence-corrected chi connectivity index (χ4v) is 7.21. The summed E-state index contributed by atoms with van der Waals surface area (Å²) in [5.74, 6) is 0.364. The monoisotopic (exact) mass is 538 g/mol. The topological polar surface area (TPSA) is 43.8 Å². The molecule has 1 aliphatic carbocycles. The van der Waals surface area contributed by atoms with E-state index in [-0.39, 0.29) is 6.04 Å². The van der Waals surface area contributed by atoms with Crippen molar-refractivity contribution in [3.8, 4) is 0 Å². The lowest BCUT2D eigenvalue weighted by molar-refractivity contribution is -0.144. The van der Waals surface area contributed by atoms with Crippen LogP contribution in [0.25, 0.3) is 0 Å². The number of carbonyl (C=O) groups is 1. The van der Waals surface area contributed by atoms with Crippen LogP contribution in [0.5, 0.6) is 0 Å². The van der Waals surface area contributed by atoms with Crippen LogP contribution in [0.3, 0.4) is 0 Å². The molecule has 0 bridgehead atoms. The highest BCUT2D eigenvalue weighted by Gasteiger charge is 2.41. The van der Waals surface area contributed by atoms with Crippen molar-refractivity contribution < 1.29 is 18.7 Å². The number of carboxylic acids is 1. The molecule has 1 N–H and O–H groups in total. The average molecular weight is 539 g/mol. The first-order chi connectivity index (χ1) is 18.8. The van der Waals surface area contributed by atoms with Crippen LogP contribution < -0.4 is 0 Å². The van der Waals surface area contributed by atoms with Crippen molar-refractivity contribution in [3.63, 3.8) is 0 Å². The van der Waals surface area contributed by atoms with Crippen molar-refractivity contribution in [2.24, 2.45) is 17.8 Å². The fourth-order valence-electron chi connectivity index (χ4n) is 7.21. The molecular formula is C33H44F2N2O2. The molecule has 39 heavy (non-hydrogen) atoms. The Labute approximate surface area is 232 Å². The van der Waals surface area contributed by atoms with Gasteiger partial charge in [0.2, 0.25) is 0 Å². The number of piperidine rings is 1. The number of likely N-dealkylation sites (tertiary alicyclic amines) is 2. The van der Waals surface area contributed by atoms with E-state index in [0.29, 0.717) is 23.7 Å². The average Bonchev–Trinajstić information content (AvgIpc) is 3.27. The molecule has 2 heterocycles. The van der Waals surface area contributed by atoms with Gasteiger partial charge in [-0.2, -0.15) is 0 Å². The van der Waals surface area contributed by atoms with Gasteiger partial charge in [0, 0.05) is 31.6 Å². The first kappa shape index (κ1) is 28.2. The zero-order valence-electron chi connectivity index (χ0n) is 23.3. The maximum atomic E-state index is 13.5. The van der Waals surface area contributed by atoms with Gasteiger partial charge in [0.05, 0.1) is 0 Å². The molecular weight excluding hydrogens is 494 g/mol. The molecule has 2 aromatic rings. The van der Waals surface area contributed by atoms with Crippen LogP contribution in [-0.4, -0.2) is 59.6 Å². The maximum absolute atomic E-state index is 13.5. The molecule has 3 fully saturated rings. The van der Waals surface area contributed by atoms with Crippen molar-refractivity contribution in [3.05, 3.63) is 70.8 Å². The van der Waals surface area contributed by atoms with Crippen LogP contribution in [0, 0.1) is 36.3 Å². The molecule has 3 aliphatic rings. The highest BCUT2D eigenvalue weighted by molar-refractivity contribution is 5.73. The molecule has 2 aliphatic heterocycles. The summed E-state index contributed by atoms with van der Waals surface area (Å²) in [6.07, 6.45) is 9.46. The number of halogens is 2. The molecule has 2 aromatic carbocycles. The number of aliphatic carboxylic acids is 1. The number of aryl methyl sites for hydroxylation is 2. The summed E-state index contributed by atoms with van der Waals surface area (Å²) in [7, 11) is 0. The molecule has 0 amide bonds. The number of rotatable bonds is 11. The second-order valence-corrected chi connectivity index (χ2v) is 12.5. The second-order valence-electron chi connectivity index (χ2n) is 12.5. The van der Waals surface area contributed by atoms with E-state index in [1.165, 1.54) is 42.5 Å². The lowest BCUT2D eigenvalue weighted by atomic mass is 9.80. The summed E-state index contributed by atoms with van der Waals surface area (Å²) in [6, 6.07) is 12.2. The predicted octanol–water partition coefficient (Wildman–Crippen LogP) is 6.67. The fraction of sp³-hybridized carbons (Fsp3) is 0.606. The number of hydrogen-bond donors (Lipinski definition) is 1. The van der Waals surface area contributed by atoms with Crippen LogP contribution in [0.15, 0.2) is 42.5 Å². The van der Waals surface area contributed by atoms with E-state index < -0.39 is 17.6 Å². The molecule has 0 spiro atoms. The molecule has 0 unspecified atom stereocenters. The van der Waals surface area contributed by atoms with Crippen LogP contribution in [-0.2, 0) is 11.2 Å². The number of carboxylic acid groups (broad SMARTS) is 1. The lowest BCUT2D eigenvalue weighted by Gasteiger charge is -2.35. The van der Waals surface area contributed by atoms with E-state index in [0.717, 1.165) is 82.9 Å². The third-order valence-corrected chi connectivity index (χ3v) is 9.65. The van der Waals surface area contributed by atoms with Gasteiger partial charge in [0.25, 0.3) is 0 Å². The second kappa shape index (κ2) is 12.9. The lowest BCUT2D eigenvalue weighted by Crippen LogP contribution is -2.43. The smallest absolute Gasteiger partial charge is 0.320 e. The highest BCUT2D eigenvalue weighted by atomic mass is 19.1. The normalized spacial score (nSPS) is 24.1. The molecule has 0 radical (unpaired) electrons. The van der Waals surface area contributed by atoms with E-state index in [1.54, 1.807) is 0 Å². The Bertz CT molecular complexity index is 1090.